The fourth-order valence-corrected chi connectivity index (χ4v) is 0.964. The molecule has 0 aliphatic heterocycles. The molecule has 66 valence electrons. The van der Waals surface area contributed by atoms with E-state index in [9.17, 15) is 0 Å². The highest BCUT2D eigenvalue weighted by molar-refractivity contribution is 5.49. The Morgan fingerprint density at radius 2 is 2.31 bits per heavy atom. The van der Waals surface area contributed by atoms with Gasteiger partial charge in [0, 0.05) is 12.3 Å². The minimum Gasteiger partial charge on any atom is -0.461 e. The largest absolute Gasteiger partial charge is 0.461 e. The highest BCUT2D eigenvalue weighted by atomic mass is 16.3. The van der Waals surface area contributed by atoms with Gasteiger partial charge in [-0.3, -0.25) is 0 Å². The first kappa shape index (κ1) is 7.75. The summed E-state index contributed by atoms with van der Waals surface area (Å²) >= 11 is 0. The molecule has 0 unspecified atom stereocenters. The third-order valence-corrected chi connectivity index (χ3v) is 1.55. The van der Waals surface area contributed by atoms with Gasteiger partial charge in [-0.15, -0.1) is 0 Å². The fraction of sp³-hybridized carbons (Fsp3) is 0. The molecule has 0 aliphatic carbocycles. The van der Waals surface area contributed by atoms with Crippen molar-refractivity contribution in [3.63, 3.8) is 0 Å². The molecule has 5 nitrogen and oxygen atoms in total. The molecule has 0 atom stereocenters. The lowest BCUT2D eigenvalue weighted by atomic mass is 10.4. The van der Waals surface area contributed by atoms with E-state index in [1.54, 1.807) is 30.7 Å². The van der Waals surface area contributed by atoms with E-state index in [0.717, 1.165) is 0 Å². The lowest BCUT2D eigenvalue weighted by Gasteiger charge is -1.99. The predicted octanol–water partition coefficient (Wildman–Crippen LogP) is 1.02. The summed E-state index contributed by atoms with van der Waals surface area (Å²) in [6.45, 7) is 0. The van der Waals surface area contributed by atoms with E-state index < -0.39 is 0 Å². The first-order chi connectivity index (χ1) is 6.40. The molecule has 13 heavy (non-hydrogen) atoms. The number of hydrogen-bond donors (Lipinski definition) is 2. The molecule has 5 heteroatoms. The quantitative estimate of drug-likeness (QED) is 0.527. The third kappa shape index (κ3) is 1.50. The second-order valence-electron chi connectivity index (χ2n) is 2.39. The molecule has 2 heterocycles. The predicted molar refractivity (Wildman–Crippen MR) is 47.5 cm³/mol. The first-order valence-electron chi connectivity index (χ1n) is 3.73. The summed E-state index contributed by atoms with van der Waals surface area (Å²) in [6, 6.07) is 5.24. The molecular formula is C8H8N4O. The molecule has 0 aliphatic rings. The highest BCUT2D eigenvalue weighted by Crippen LogP contribution is 2.15. The van der Waals surface area contributed by atoms with Crippen LogP contribution in [0.4, 0.5) is 5.82 Å². The van der Waals surface area contributed by atoms with Crippen LogP contribution in [0.5, 0.6) is 0 Å². The van der Waals surface area contributed by atoms with Gasteiger partial charge in [-0.05, 0) is 12.1 Å². The van der Waals surface area contributed by atoms with Gasteiger partial charge in [0.25, 0.3) is 0 Å². The molecule has 0 radical (unpaired) electrons. The first-order valence-corrected chi connectivity index (χ1v) is 3.73. The summed E-state index contributed by atoms with van der Waals surface area (Å²) in [5, 5.41) is 0. The maximum Gasteiger partial charge on any atom is 0.197 e. The maximum atomic E-state index is 5.20. The van der Waals surface area contributed by atoms with Crippen LogP contribution < -0.4 is 11.3 Å². The van der Waals surface area contributed by atoms with E-state index >= 15 is 0 Å². The standard InChI is InChI=1S/C8H8N4O/c9-12-7-3-4-10-8(11-7)6-2-1-5-13-6/h1-5H,9H2,(H,10,11,12). The number of nitrogens with one attached hydrogen (secondary N) is 1. The van der Waals surface area contributed by atoms with E-state index in [0.29, 0.717) is 17.4 Å². The van der Waals surface area contributed by atoms with Crippen molar-refractivity contribution in [2.45, 2.75) is 0 Å². The summed E-state index contributed by atoms with van der Waals surface area (Å²) in [6.07, 6.45) is 3.18. The molecule has 0 fully saturated rings. The monoisotopic (exact) mass is 176 g/mol. The van der Waals surface area contributed by atoms with Crippen LogP contribution in [-0.2, 0) is 0 Å². The zero-order chi connectivity index (χ0) is 9.10. The molecule has 0 amide bonds. The number of nitrogen functional groups attached to an aromatic ring is 1. The van der Waals surface area contributed by atoms with Crippen molar-refractivity contribution in [1.29, 1.82) is 0 Å². The molecule has 0 spiro atoms. The van der Waals surface area contributed by atoms with Gasteiger partial charge < -0.3 is 9.84 Å². The second kappa shape index (κ2) is 3.24. The van der Waals surface area contributed by atoms with Crippen molar-refractivity contribution in [2.75, 3.05) is 5.43 Å². The molecule has 0 bridgehead atoms. The van der Waals surface area contributed by atoms with Gasteiger partial charge in [0.15, 0.2) is 11.6 Å². The van der Waals surface area contributed by atoms with E-state index in [-0.39, 0.29) is 0 Å². The molecule has 2 rings (SSSR count). The van der Waals surface area contributed by atoms with Crippen molar-refractivity contribution in [2.24, 2.45) is 5.84 Å². The van der Waals surface area contributed by atoms with Crippen LogP contribution in [0.3, 0.4) is 0 Å². The number of nitrogens with two attached hydrogens (primary N) is 1. The van der Waals surface area contributed by atoms with Gasteiger partial charge in [-0.1, -0.05) is 0 Å². The van der Waals surface area contributed by atoms with E-state index in [4.69, 9.17) is 10.3 Å². The fourth-order valence-electron chi connectivity index (χ4n) is 0.964. The van der Waals surface area contributed by atoms with Crippen LogP contribution in [0.1, 0.15) is 0 Å². The highest BCUT2D eigenvalue weighted by Gasteiger charge is 2.03. The van der Waals surface area contributed by atoms with Gasteiger partial charge in [0.05, 0.1) is 6.26 Å². The van der Waals surface area contributed by atoms with Crippen molar-refractivity contribution in [1.82, 2.24) is 9.97 Å². The smallest absolute Gasteiger partial charge is 0.197 e. The molecule has 0 aromatic carbocycles. The second-order valence-corrected chi connectivity index (χ2v) is 2.39. The summed E-state index contributed by atoms with van der Waals surface area (Å²) in [5.41, 5.74) is 2.44. The van der Waals surface area contributed by atoms with Crippen LogP contribution in [0.2, 0.25) is 0 Å². The minimum absolute atomic E-state index is 0.514. The summed E-state index contributed by atoms with van der Waals surface area (Å²) in [4.78, 5) is 8.12. The van der Waals surface area contributed by atoms with Gasteiger partial charge in [-0.2, -0.15) is 0 Å². The SMILES string of the molecule is NNc1ccnc(-c2ccco2)n1. The Morgan fingerprint density at radius 1 is 1.38 bits per heavy atom. The number of nitrogens with zero attached hydrogens (tertiary/aromatic N) is 2. The summed E-state index contributed by atoms with van der Waals surface area (Å²) in [5.74, 6) is 6.89. The summed E-state index contributed by atoms with van der Waals surface area (Å²) in [7, 11) is 0. The van der Waals surface area contributed by atoms with E-state index in [1.807, 2.05) is 0 Å². The van der Waals surface area contributed by atoms with E-state index in [2.05, 4.69) is 15.4 Å². The topological polar surface area (TPSA) is 77.0 Å². The number of hydrazine groups is 1. The van der Waals surface area contributed by atoms with E-state index in [1.165, 1.54) is 0 Å². The molecule has 3 N–H and O–H groups in total. The van der Waals surface area contributed by atoms with Crippen LogP contribution >= 0.6 is 0 Å². The van der Waals surface area contributed by atoms with Crippen molar-refractivity contribution < 1.29 is 4.42 Å². The Hall–Kier alpha value is -1.88. The van der Waals surface area contributed by atoms with Crippen LogP contribution in [-0.4, -0.2) is 9.97 Å². The lowest BCUT2D eigenvalue weighted by Crippen LogP contribution is -2.08. The lowest BCUT2D eigenvalue weighted by molar-refractivity contribution is 0.577. The van der Waals surface area contributed by atoms with Crippen LogP contribution in [0.15, 0.2) is 35.1 Å². The number of rotatable bonds is 2. The van der Waals surface area contributed by atoms with Crippen molar-refractivity contribution >= 4 is 5.82 Å². The average Bonchev–Trinajstić information content (AvgIpc) is 2.71. The Labute approximate surface area is 74.6 Å². The third-order valence-electron chi connectivity index (χ3n) is 1.55. The average molecular weight is 176 g/mol. The maximum absolute atomic E-state index is 5.20. The van der Waals surface area contributed by atoms with Gasteiger partial charge in [-0.25, -0.2) is 15.8 Å². The molecule has 0 saturated heterocycles. The summed E-state index contributed by atoms with van der Waals surface area (Å²) < 4.78 is 5.13. The minimum atomic E-state index is 0.514. The Kier molecular flexibility index (Phi) is 1.93. The van der Waals surface area contributed by atoms with Crippen molar-refractivity contribution in [3.8, 4) is 11.6 Å². The Morgan fingerprint density at radius 3 is 3.00 bits per heavy atom. The van der Waals surface area contributed by atoms with Gasteiger partial charge >= 0.3 is 0 Å². The zero-order valence-electron chi connectivity index (χ0n) is 6.77. The number of hydrogen-bond acceptors (Lipinski definition) is 5. The van der Waals surface area contributed by atoms with Crippen LogP contribution in [0, 0.1) is 0 Å². The van der Waals surface area contributed by atoms with Gasteiger partial charge in [0.1, 0.15) is 5.82 Å². The zero-order valence-corrected chi connectivity index (χ0v) is 6.77. The van der Waals surface area contributed by atoms with Crippen LogP contribution in [0.25, 0.3) is 11.6 Å². The Balaban J connectivity index is 2.41. The molecule has 2 aromatic heterocycles. The molecule has 0 saturated carbocycles. The van der Waals surface area contributed by atoms with Crippen molar-refractivity contribution in [3.05, 3.63) is 30.7 Å². The van der Waals surface area contributed by atoms with Gasteiger partial charge in [0.2, 0.25) is 0 Å². The normalized spacial score (nSPS) is 9.92. The molecule has 2 aromatic rings. The number of anilines is 1. The molecular weight excluding hydrogens is 168 g/mol. The number of furan rings is 1. The Bertz CT molecular complexity index is 385. The number of aromatic nitrogens is 2.